The predicted molar refractivity (Wildman–Crippen MR) is 87.2 cm³/mol. The van der Waals surface area contributed by atoms with Crippen LogP contribution in [0.1, 0.15) is 17.4 Å². The van der Waals surface area contributed by atoms with Crippen LogP contribution in [0.3, 0.4) is 0 Å². The first-order valence-corrected chi connectivity index (χ1v) is 9.28. The van der Waals surface area contributed by atoms with E-state index < -0.39 is 10.0 Å². The number of benzene rings is 1. The van der Waals surface area contributed by atoms with Crippen molar-refractivity contribution in [3.8, 4) is 0 Å². The molecule has 0 fully saturated rings. The monoisotopic (exact) mass is 344 g/mol. The maximum Gasteiger partial charge on any atom is 0.241 e. The molecule has 0 spiro atoms. The fraction of sp³-hybridized carbons (Fsp3) is 0.286. The minimum Gasteiger partial charge on any atom is -0.312 e. The van der Waals surface area contributed by atoms with Gasteiger partial charge in [-0.2, -0.15) is 0 Å². The molecular weight excluding hydrogens is 328 g/mol. The zero-order chi connectivity index (χ0) is 15.3. The number of nitrogens with one attached hydrogen (secondary N) is 2. The molecule has 2 N–H and O–H groups in total. The molecule has 0 saturated carbocycles. The minimum atomic E-state index is -3.51. The van der Waals surface area contributed by atoms with Gasteiger partial charge in [0, 0.05) is 28.4 Å². The first kappa shape index (κ1) is 16.5. The fourth-order valence-electron chi connectivity index (χ4n) is 1.74. The van der Waals surface area contributed by atoms with E-state index >= 15 is 0 Å². The van der Waals surface area contributed by atoms with Crippen molar-refractivity contribution in [3.63, 3.8) is 0 Å². The van der Waals surface area contributed by atoms with Gasteiger partial charge in [-0.05, 0) is 24.2 Å². The molecule has 7 heteroatoms. The summed E-state index contributed by atoms with van der Waals surface area (Å²) >= 11 is 7.45. The van der Waals surface area contributed by atoms with Crippen molar-refractivity contribution in [2.24, 2.45) is 0 Å². The van der Waals surface area contributed by atoms with Gasteiger partial charge in [-0.15, -0.1) is 11.3 Å². The second-order valence-electron chi connectivity index (χ2n) is 4.45. The van der Waals surface area contributed by atoms with Crippen LogP contribution in [-0.4, -0.2) is 15.0 Å². The lowest BCUT2D eigenvalue weighted by atomic mass is 10.2. The Hall–Kier alpha value is -0.920. The summed E-state index contributed by atoms with van der Waals surface area (Å²) in [5, 5.41) is 5.38. The van der Waals surface area contributed by atoms with Crippen LogP contribution >= 0.6 is 22.9 Å². The zero-order valence-corrected chi connectivity index (χ0v) is 14.0. The fourth-order valence-corrected chi connectivity index (χ4v) is 4.19. The van der Waals surface area contributed by atoms with E-state index in [0.717, 1.165) is 17.0 Å². The standard InChI is InChI=1S/C14H17ClN2O2S2/c1-2-16-9-12-7-13(10-20-12)21(18,19)17-8-11-5-3-4-6-14(11)15/h3-7,10,16-17H,2,8-9H2,1H3. The summed E-state index contributed by atoms with van der Waals surface area (Å²) < 4.78 is 27.0. The molecule has 2 aromatic rings. The Labute approximate surface area is 134 Å². The number of halogens is 1. The Morgan fingerprint density at radius 3 is 2.71 bits per heavy atom. The molecule has 0 atom stereocenters. The number of hydrogen-bond acceptors (Lipinski definition) is 4. The van der Waals surface area contributed by atoms with Crippen LogP contribution in [0.5, 0.6) is 0 Å². The van der Waals surface area contributed by atoms with E-state index in [9.17, 15) is 8.42 Å². The first-order chi connectivity index (χ1) is 10.0. The molecule has 1 heterocycles. The van der Waals surface area contributed by atoms with Crippen LogP contribution in [0.4, 0.5) is 0 Å². The van der Waals surface area contributed by atoms with Gasteiger partial charge in [-0.1, -0.05) is 36.7 Å². The summed E-state index contributed by atoms with van der Waals surface area (Å²) in [4.78, 5) is 1.29. The van der Waals surface area contributed by atoms with Crippen LogP contribution in [0.25, 0.3) is 0 Å². The van der Waals surface area contributed by atoms with Gasteiger partial charge >= 0.3 is 0 Å². The van der Waals surface area contributed by atoms with E-state index in [-0.39, 0.29) is 6.54 Å². The Kier molecular flexibility index (Phi) is 5.78. The van der Waals surface area contributed by atoms with E-state index in [1.807, 2.05) is 19.1 Å². The third-order valence-electron chi connectivity index (χ3n) is 2.90. The Bertz CT molecular complexity index is 699. The quantitative estimate of drug-likeness (QED) is 0.811. The van der Waals surface area contributed by atoms with E-state index in [1.54, 1.807) is 23.6 Å². The highest BCUT2D eigenvalue weighted by Crippen LogP contribution is 2.20. The number of rotatable bonds is 7. The second kappa shape index (κ2) is 7.38. The molecule has 0 amide bonds. The van der Waals surface area contributed by atoms with E-state index in [4.69, 9.17) is 11.6 Å². The predicted octanol–water partition coefficient (Wildman–Crippen LogP) is 2.99. The van der Waals surface area contributed by atoms with Crippen molar-refractivity contribution in [2.75, 3.05) is 6.54 Å². The molecule has 0 saturated heterocycles. The van der Waals surface area contributed by atoms with E-state index in [0.29, 0.717) is 16.5 Å². The van der Waals surface area contributed by atoms with Gasteiger partial charge in [0.2, 0.25) is 10.0 Å². The van der Waals surface area contributed by atoms with Gasteiger partial charge in [-0.3, -0.25) is 0 Å². The molecule has 2 rings (SSSR count). The lowest BCUT2D eigenvalue weighted by molar-refractivity contribution is 0.581. The summed E-state index contributed by atoms with van der Waals surface area (Å²) in [7, 11) is -3.51. The van der Waals surface area contributed by atoms with Crippen LogP contribution in [-0.2, 0) is 23.1 Å². The SMILES string of the molecule is CCNCc1cc(S(=O)(=O)NCc2ccccc2Cl)cs1. The summed E-state index contributed by atoms with van der Waals surface area (Å²) in [6.07, 6.45) is 0. The molecular formula is C14H17ClN2O2S2. The number of hydrogen-bond donors (Lipinski definition) is 2. The van der Waals surface area contributed by atoms with Gasteiger partial charge < -0.3 is 5.32 Å². The Morgan fingerprint density at radius 2 is 2.00 bits per heavy atom. The van der Waals surface area contributed by atoms with Crippen molar-refractivity contribution >= 4 is 33.0 Å². The highest BCUT2D eigenvalue weighted by Gasteiger charge is 2.16. The average Bonchev–Trinajstić information content (AvgIpc) is 2.94. The number of thiophene rings is 1. The molecule has 114 valence electrons. The third-order valence-corrected chi connectivity index (χ3v) is 5.74. The lowest BCUT2D eigenvalue weighted by Gasteiger charge is -2.06. The Balaban J connectivity index is 2.05. The van der Waals surface area contributed by atoms with Gasteiger partial charge in [0.15, 0.2) is 0 Å². The molecule has 0 bridgehead atoms. The maximum absolute atomic E-state index is 12.2. The minimum absolute atomic E-state index is 0.181. The first-order valence-electron chi connectivity index (χ1n) is 6.54. The van der Waals surface area contributed by atoms with Gasteiger partial charge in [0.05, 0.1) is 4.90 Å². The van der Waals surface area contributed by atoms with Crippen molar-refractivity contribution < 1.29 is 8.42 Å². The molecule has 0 unspecified atom stereocenters. The highest BCUT2D eigenvalue weighted by atomic mass is 35.5. The third kappa shape index (κ3) is 4.52. The average molecular weight is 345 g/mol. The van der Waals surface area contributed by atoms with Gasteiger partial charge in [-0.25, -0.2) is 13.1 Å². The van der Waals surface area contributed by atoms with Gasteiger partial charge in [0.1, 0.15) is 0 Å². The summed E-state index contributed by atoms with van der Waals surface area (Å²) in [5.41, 5.74) is 0.755. The second-order valence-corrected chi connectivity index (χ2v) is 7.61. The molecule has 0 radical (unpaired) electrons. The summed E-state index contributed by atoms with van der Waals surface area (Å²) in [6, 6.07) is 8.88. The van der Waals surface area contributed by atoms with Crippen LogP contribution in [0, 0.1) is 0 Å². The van der Waals surface area contributed by atoms with E-state index in [1.165, 1.54) is 11.3 Å². The molecule has 21 heavy (non-hydrogen) atoms. The molecule has 1 aromatic heterocycles. The van der Waals surface area contributed by atoms with Crippen molar-refractivity contribution in [1.82, 2.24) is 10.0 Å². The van der Waals surface area contributed by atoms with Crippen LogP contribution < -0.4 is 10.0 Å². The smallest absolute Gasteiger partial charge is 0.241 e. The molecule has 0 aliphatic rings. The molecule has 4 nitrogen and oxygen atoms in total. The zero-order valence-electron chi connectivity index (χ0n) is 11.6. The van der Waals surface area contributed by atoms with Crippen LogP contribution in [0.15, 0.2) is 40.6 Å². The number of sulfonamides is 1. The van der Waals surface area contributed by atoms with E-state index in [2.05, 4.69) is 10.0 Å². The summed E-state index contributed by atoms with van der Waals surface area (Å²) in [5.74, 6) is 0. The van der Waals surface area contributed by atoms with Crippen molar-refractivity contribution in [2.45, 2.75) is 24.9 Å². The topological polar surface area (TPSA) is 58.2 Å². The lowest BCUT2D eigenvalue weighted by Crippen LogP contribution is -2.23. The largest absolute Gasteiger partial charge is 0.312 e. The van der Waals surface area contributed by atoms with Gasteiger partial charge in [0.25, 0.3) is 0 Å². The molecule has 0 aliphatic heterocycles. The summed E-state index contributed by atoms with van der Waals surface area (Å²) in [6.45, 7) is 3.72. The molecule has 0 aliphatic carbocycles. The van der Waals surface area contributed by atoms with Crippen molar-refractivity contribution in [1.29, 1.82) is 0 Å². The maximum atomic E-state index is 12.2. The molecule has 1 aromatic carbocycles. The highest BCUT2D eigenvalue weighted by molar-refractivity contribution is 7.89. The normalized spacial score (nSPS) is 11.7. The van der Waals surface area contributed by atoms with Crippen molar-refractivity contribution in [3.05, 3.63) is 51.2 Å². The Morgan fingerprint density at radius 1 is 1.24 bits per heavy atom. The van der Waals surface area contributed by atoms with Crippen LogP contribution in [0.2, 0.25) is 5.02 Å².